The molecule has 1 unspecified atom stereocenters. The van der Waals surface area contributed by atoms with Crippen LogP contribution in [-0.2, 0) is 6.42 Å². The molecule has 2 rings (SSSR count). The Morgan fingerprint density at radius 2 is 2.44 bits per heavy atom. The van der Waals surface area contributed by atoms with Crippen LogP contribution >= 0.6 is 11.3 Å². The van der Waals surface area contributed by atoms with Crippen molar-refractivity contribution < 1.29 is 5.11 Å². The van der Waals surface area contributed by atoms with E-state index in [-0.39, 0.29) is 0 Å². The van der Waals surface area contributed by atoms with Gasteiger partial charge in [-0.1, -0.05) is 0 Å². The summed E-state index contributed by atoms with van der Waals surface area (Å²) in [6.45, 7) is 6.98. The predicted molar refractivity (Wildman–Crippen MR) is 66.9 cm³/mol. The number of aliphatic hydroxyl groups is 1. The largest absolute Gasteiger partial charge is 0.389 e. The van der Waals surface area contributed by atoms with Crippen LogP contribution in [0.25, 0.3) is 0 Å². The molecule has 1 fully saturated rings. The van der Waals surface area contributed by atoms with Crippen LogP contribution in [0.1, 0.15) is 30.3 Å². The molecule has 1 aliphatic rings. The second-order valence-corrected chi connectivity index (χ2v) is 5.93. The Hall–Kier alpha value is -0.450. The van der Waals surface area contributed by atoms with Gasteiger partial charge in [-0.2, -0.15) is 0 Å². The van der Waals surface area contributed by atoms with Crippen LogP contribution in [0.2, 0.25) is 0 Å². The van der Waals surface area contributed by atoms with Crippen LogP contribution in [0, 0.1) is 6.92 Å². The molecule has 1 aromatic heterocycles. The molecule has 1 aromatic rings. The number of likely N-dealkylation sites (tertiary alicyclic amines) is 1. The van der Waals surface area contributed by atoms with Crippen molar-refractivity contribution in [2.24, 2.45) is 0 Å². The van der Waals surface area contributed by atoms with Gasteiger partial charge in [-0.3, -0.25) is 0 Å². The Morgan fingerprint density at radius 1 is 1.62 bits per heavy atom. The number of aryl methyl sites for hydroxylation is 1. The first-order valence-electron chi connectivity index (χ1n) is 5.90. The lowest BCUT2D eigenvalue weighted by Gasteiger charge is -2.36. The molecule has 4 heteroatoms. The van der Waals surface area contributed by atoms with Gasteiger partial charge in [0.1, 0.15) is 0 Å². The Balaban J connectivity index is 1.84. The number of aromatic nitrogens is 1. The molecule has 1 saturated heterocycles. The van der Waals surface area contributed by atoms with Gasteiger partial charge in [0.15, 0.2) is 0 Å². The fraction of sp³-hybridized carbons (Fsp3) is 0.750. The highest BCUT2D eigenvalue weighted by atomic mass is 32.1. The lowest BCUT2D eigenvalue weighted by atomic mass is 9.95. The normalized spacial score (nSPS) is 27.2. The van der Waals surface area contributed by atoms with E-state index in [1.54, 1.807) is 11.3 Å². The topological polar surface area (TPSA) is 36.4 Å². The molecule has 0 saturated carbocycles. The molecule has 16 heavy (non-hydrogen) atoms. The van der Waals surface area contributed by atoms with Gasteiger partial charge in [-0.25, -0.2) is 4.98 Å². The highest BCUT2D eigenvalue weighted by Crippen LogP contribution is 2.21. The van der Waals surface area contributed by atoms with Gasteiger partial charge in [-0.15, -0.1) is 11.3 Å². The van der Waals surface area contributed by atoms with Crippen molar-refractivity contribution in [1.82, 2.24) is 9.88 Å². The van der Waals surface area contributed by atoms with E-state index < -0.39 is 5.60 Å². The van der Waals surface area contributed by atoms with Gasteiger partial charge in [0.2, 0.25) is 0 Å². The maximum Gasteiger partial charge on any atom is 0.0797 e. The predicted octanol–water partition coefficient (Wildman–Crippen LogP) is 1.84. The van der Waals surface area contributed by atoms with Crippen molar-refractivity contribution in [3.63, 3.8) is 0 Å². The molecule has 2 heterocycles. The molecule has 0 amide bonds. The highest BCUT2D eigenvalue weighted by Gasteiger charge is 2.27. The molecule has 0 aromatic carbocycles. The minimum atomic E-state index is -0.485. The van der Waals surface area contributed by atoms with Gasteiger partial charge in [-0.05, 0) is 39.7 Å². The average molecular weight is 240 g/mol. The van der Waals surface area contributed by atoms with Gasteiger partial charge in [0.25, 0.3) is 0 Å². The van der Waals surface area contributed by atoms with Crippen LogP contribution in [0.15, 0.2) is 5.51 Å². The number of hydrogen-bond donors (Lipinski definition) is 1. The molecule has 1 N–H and O–H groups in total. The van der Waals surface area contributed by atoms with E-state index in [1.165, 1.54) is 4.88 Å². The van der Waals surface area contributed by atoms with E-state index >= 15 is 0 Å². The fourth-order valence-electron chi connectivity index (χ4n) is 2.34. The molecule has 0 spiro atoms. The van der Waals surface area contributed by atoms with E-state index in [4.69, 9.17) is 0 Å². The third-order valence-electron chi connectivity index (χ3n) is 3.25. The summed E-state index contributed by atoms with van der Waals surface area (Å²) in [4.78, 5) is 8.00. The first-order chi connectivity index (χ1) is 7.57. The second kappa shape index (κ2) is 4.82. The second-order valence-electron chi connectivity index (χ2n) is 4.99. The number of piperidine rings is 1. The summed E-state index contributed by atoms with van der Waals surface area (Å²) >= 11 is 1.74. The first kappa shape index (κ1) is 12.0. The summed E-state index contributed by atoms with van der Waals surface area (Å²) < 4.78 is 0. The van der Waals surface area contributed by atoms with Crippen molar-refractivity contribution in [3.05, 3.63) is 16.1 Å². The third kappa shape index (κ3) is 3.03. The molecular weight excluding hydrogens is 220 g/mol. The Labute approximate surface area is 101 Å². The zero-order valence-corrected chi connectivity index (χ0v) is 10.9. The summed E-state index contributed by atoms with van der Waals surface area (Å²) in [6.07, 6.45) is 3.10. The summed E-state index contributed by atoms with van der Waals surface area (Å²) in [6, 6.07) is 0. The van der Waals surface area contributed by atoms with E-state index in [0.717, 1.165) is 44.6 Å². The van der Waals surface area contributed by atoms with E-state index in [2.05, 4.69) is 16.8 Å². The lowest BCUT2D eigenvalue weighted by Crippen LogP contribution is -2.46. The quantitative estimate of drug-likeness (QED) is 0.876. The number of β-amino-alcohol motifs (C(OH)–C–C–N with tert-alkyl or cyclic N) is 1. The molecule has 1 aliphatic heterocycles. The SMILES string of the molecule is Cc1ncsc1CCN1CCCC(C)(O)C1. The van der Waals surface area contributed by atoms with Gasteiger partial charge < -0.3 is 10.0 Å². The molecule has 0 bridgehead atoms. The van der Waals surface area contributed by atoms with Crippen molar-refractivity contribution in [2.75, 3.05) is 19.6 Å². The summed E-state index contributed by atoms with van der Waals surface area (Å²) in [5.41, 5.74) is 2.59. The maximum atomic E-state index is 10.0. The fourth-order valence-corrected chi connectivity index (χ4v) is 3.11. The monoisotopic (exact) mass is 240 g/mol. The lowest BCUT2D eigenvalue weighted by molar-refractivity contribution is -0.0149. The Kier molecular flexibility index (Phi) is 3.62. The van der Waals surface area contributed by atoms with Gasteiger partial charge in [0.05, 0.1) is 16.8 Å². The van der Waals surface area contributed by atoms with Crippen molar-refractivity contribution in [1.29, 1.82) is 0 Å². The standard InChI is InChI=1S/C12H20N2OS/c1-10-11(16-9-13-10)4-7-14-6-3-5-12(2,15)8-14/h9,15H,3-8H2,1-2H3. The van der Waals surface area contributed by atoms with Gasteiger partial charge in [0, 0.05) is 18.0 Å². The van der Waals surface area contributed by atoms with Crippen molar-refractivity contribution in [2.45, 2.75) is 38.7 Å². The first-order valence-corrected chi connectivity index (χ1v) is 6.78. The van der Waals surface area contributed by atoms with E-state index in [9.17, 15) is 5.11 Å². The summed E-state index contributed by atoms with van der Waals surface area (Å²) in [7, 11) is 0. The average Bonchev–Trinajstić information content (AvgIpc) is 2.60. The van der Waals surface area contributed by atoms with Crippen LogP contribution in [0.3, 0.4) is 0 Å². The van der Waals surface area contributed by atoms with E-state index in [1.807, 2.05) is 12.4 Å². The zero-order chi connectivity index (χ0) is 11.6. The molecule has 0 aliphatic carbocycles. The minimum absolute atomic E-state index is 0.485. The Bertz CT molecular complexity index is 349. The van der Waals surface area contributed by atoms with Crippen LogP contribution in [-0.4, -0.2) is 40.2 Å². The van der Waals surface area contributed by atoms with Crippen molar-refractivity contribution >= 4 is 11.3 Å². The summed E-state index contributed by atoms with van der Waals surface area (Å²) in [5, 5.41) is 10.0. The number of thiazole rings is 1. The van der Waals surface area contributed by atoms with Gasteiger partial charge >= 0.3 is 0 Å². The number of nitrogens with zero attached hydrogens (tertiary/aromatic N) is 2. The van der Waals surface area contributed by atoms with E-state index in [0.29, 0.717) is 0 Å². The van der Waals surface area contributed by atoms with Crippen molar-refractivity contribution in [3.8, 4) is 0 Å². The smallest absolute Gasteiger partial charge is 0.0797 e. The molecule has 1 atom stereocenters. The number of hydrogen-bond acceptors (Lipinski definition) is 4. The van der Waals surface area contributed by atoms with Crippen LogP contribution in [0.5, 0.6) is 0 Å². The molecular formula is C12H20N2OS. The zero-order valence-electron chi connectivity index (χ0n) is 10.1. The summed E-state index contributed by atoms with van der Waals surface area (Å²) in [5.74, 6) is 0. The Morgan fingerprint density at radius 3 is 3.06 bits per heavy atom. The minimum Gasteiger partial charge on any atom is -0.389 e. The molecule has 3 nitrogen and oxygen atoms in total. The third-order valence-corrected chi connectivity index (χ3v) is 4.25. The number of rotatable bonds is 3. The van der Waals surface area contributed by atoms with Crippen LogP contribution in [0.4, 0.5) is 0 Å². The molecule has 90 valence electrons. The molecule has 0 radical (unpaired) electrons. The van der Waals surface area contributed by atoms with Crippen LogP contribution < -0.4 is 0 Å². The highest BCUT2D eigenvalue weighted by molar-refractivity contribution is 7.09. The maximum absolute atomic E-state index is 10.0.